The summed E-state index contributed by atoms with van der Waals surface area (Å²) >= 11 is 0. The third kappa shape index (κ3) is 4.78. The summed E-state index contributed by atoms with van der Waals surface area (Å²) in [6.45, 7) is 13.8. The molecule has 42 heavy (non-hydrogen) atoms. The van der Waals surface area contributed by atoms with Gasteiger partial charge in [-0.3, -0.25) is 9.78 Å². The van der Waals surface area contributed by atoms with Gasteiger partial charge in [-0.15, -0.1) is 0 Å². The molecule has 3 aromatic heterocycles. The van der Waals surface area contributed by atoms with Crippen LogP contribution in [-0.4, -0.2) is 55.5 Å². The number of anilines is 2. The average molecular weight is 574 g/mol. The minimum Gasteiger partial charge on any atom is -0.398 e. The summed E-state index contributed by atoms with van der Waals surface area (Å²) in [4.78, 5) is 43.6. The molecule has 2 atom stereocenters. The molecular weight excluding hydrogens is 540 g/mol. The molecule has 1 amide bonds. The molecule has 5 rings (SSSR count). The van der Waals surface area contributed by atoms with Gasteiger partial charge in [0.1, 0.15) is 17.3 Å². The van der Waals surface area contributed by atoms with E-state index >= 15 is 8.78 Å². The van der Waals surface area contributed by atoms with E-state index in [0.29, 0.717) is 24.5 Å². The zero-order valence-electron chi connectivity index (χ0n) is 24.2. The van der Waals surface area contributed by atoms with Crippen LogP contribution in [0.5, 0.6) is 0 Å². The van der Waals surface area contributed by atoms with Gasteiger partial charge in [0.2, 0.25) is 5.91 Å². The molecular formula is C31H33F2N7O2. The molecule has 0 unspecified atom stereocenters. The lowest BCUT2D eigenvalue weighted by Gasteiger charge is -2.44. The van der Waals surface area contributed by atoms with E-state index in [-0.39, 0.29) is 57.7 Å². The molecule has 11 heteroatoms. The van der Waals surface area contributed by atoms with Crippen LogP contribution in [0.2, 0.25) is 0 Å². The Bertz CT molecular complexity index is 1770. The van der Waals surface area contributed by atoms with Crippen LogP contribution in [0.25, 0.3) is 28.0 Å². The van der Waals surface area contributed by atoms with Crippen LogP contribution >= 0.6 is 0 Å². The van der Waals surface area contributed by atoms with Gasteiger partial charge in [-0.25, -0.2) is 23.1 Å². The van der Waals surface area contributed by atoms with Crippen LogP contribution in [0.15, 0.2) is 54.0 Å². The zero-order valence-corrected chi connectivity index (χ0v) is 24.2. The Morgan fingerprint density at radius 2 is 1.86 bits per heavy atom. The fourth-order valence-electron chi connectivity index (χ4n) is 5.62. The topological polar surface area (TPSA) is 110 Å². The zero-order chi connectivity index (χ0) is 30.5. The number of benzene rings is 1. The SMILES string of the molecule is C=CC(=O)N1C[C@H](C)N(c2nc(=O)n(-c3c(C)ccnc3C(C)C)c3nc(-c4c(N)cccc4F)c(F)cc23)C[C@H]1C. The second-order valence-corrected chi connectivity index (χ2v) is 11.0. The summed E-state index contributed by atoms with van der Waals surface area (Å²) in [5.41, 5.74) is 6.86. The molecule has 1 aliphatic heterocycles. The van der Waals surface area contributed by atoms with E-state index in [1.54, 1.807) is 17.2 Å². The van der Waals surface area contributed by atoms with Crippen molar-refractivity contribution < 1.29 is 13.6 Å². The van der Waals surface area contributed by atoms with Crippen LogP contribution in [-0.2, 0) is 4.79 Å². The van der Waals surface area contributed by atoms with Crippen molar-refractivity contribution in [2.24, 2.45) is 0 Å². The van der Waals surface area contributed by atoms with E-state index in [1.807, 2.05) is 39.5 Å². The quantitative estimate of drug-likeness (QED) is 0.271. The van der Waals surface area contributed by atoms with Crippen LogP contribution < -0.4 is 16.3 Å². The number of rotatable bonds is 5. The Morgan fingerprint density at radius 3 is 2.52 bits per heavy atom. The number of piperazine rings is 1. The lowest BCUT2D eigenvalue weighted by Crippen LogP contribution is -2.58. The number of carbonyl (C=O) groups is 1. The Labute approximate surface area is 242 Å². The molecule has 0 spiro atoms. The maximum atomic E-state index is 15.9. The van der Waals surface area contributed by atoms with Crippen molar-refractivity contribution >= 4 is 28.4 Å². The molecule has 1 saturated heterocycles. The summed E-state index contributed by atoms with van der Waals surface area (Å²) in [5.74, 6) is -1.60. The molecule has 4 aromatic rings. The summed E-state index contributed by atoms with van der Waals surface area (Å²) in [6.07, 6.45) is 2.93. The first kappa shape index (κ1) is 28.8. The molecule has 0 bridgehead atoms. The number of amides is 1. The van der Waals surface area contributed by atoms with Crippen LogP contribution in [0.1, 0.15) is 44.9 Å². The number of nitrogens with zero attached hydrogens (tertiary/aromatic N) is 6. The maximum Gasteiger partial charge on any atom is 0.355 e. The standard InChI is InChI=1S/C31H33F2N7O2/c1-7-24(41)38-14-19(6)39(15-18(38)5)29-20-13-22(33)27(25-21(32)9-8-10-23(25)34)36-30(20)40(31(42)37-29)28-17(4)11-12-35-26(28)16(2)3/h7-13,16,18-19H,1,14-15,34H2,2-6H3/t18-,19+/m1/s1. The first-order valence-corrected chi connectivity index (χ1v) is 13.8. The number of carbonyl (C=O) groups excluding carboxylic acids is 1. The molecule has 0 aliphatic carbocycles. The van der Waals surface area contributed by atoms with Crippen molar-refractivity contribution in [3.63, 3.8) is 0 Å². The Hall–Kier alpha value is -4.67. The normalized spacial score (nSPS) is 17.2. The number of fused-ring (bicyclic) bond motifs is 1. The molecule has 1 aromatic carbocycles. The smallest absolute Gasteiger partial charge is 0.355 e. The van der Waals surface area contributed by atoms with Crippen molar-refractivity contribution in [2.75, 3.05) is 23.7 Å². The average Bonchev–Trinajstić information content (AvgIpc) is 2.94. The van der Waals surface area contributed by atoms with Crippen molar-refractivity contribution in [1.29, 1.82) is 0 Å². The Kier molecular flexibility index (Phi) is 7.53. The summed E-state index contributed by atoms with van der Waals surface area (Å²) in [6, 6.07) is 6.55. The van der Waals surface area contributed by atoms with Crippen molar-refractivity contribution in [2.45, 2.75) is 52.6 Å². The van der Waals surface area contributed by atoms with Gasteiger partial charge < -0.3 is 15.5 Å². The number of aromatic nitrogens is 4. The lowest BCUT2D eigenvalue weighted by atomic mass is 10.0. The molecule has 1 aliphatic rings. The fourth-order valence-corrected chi connectivity index (χ4v) is 5.62. The van der Waals surface area contributed by atoms with Gasteiger partial charge >= 0.3 is 5.69 Å². The van der Waals surface area contributed by atoms with E-state index in [0.717, 1.165) is 5.56 Å². The van der Waals surface area contributed by atoms with Gasteiger partial charge in [0, 0.05) is 37.1 Å². The van der Waals surface area contributed by atoms with Gasteiger partial charge in [0.25, 0.3) is 0 Å². The second-order valence-electron chi connectivity index (χ2n) is 11.0. The molecule has 1 fully saturated rings. The van der Waals surface area contributed by atoms with Crippen molar-refractivity contribution in [1.82, 2.24) is 24.4 Å². The second kappa shape index (κ2) is 11.0. The van der Waals surface area contributed by atoms with E-state index in [9.17, 15) is 9.59 Å². The molecule has 0 radical (unpaired) electrons. The summed E-state index contributed by atoms with van der Waals surface area (Å²) in [5, 5.41) is 0.256. The summed E-state index contributed by atoms with van der Waals surface area (Å²) in [7, 11) is 0. The van der Waals surface area contributed by atoms with E-state index < -0.39 is 17.3 Å². The highest BCUT2D eigenvalue weighted by Gasteiger charge is 2.34. The summed E-state index contributed by atoms with van der Waals surface area (Å²) < 4.78 is 32.3. The molecule has 0 saturated carbocycles. The van der Waals surface area contributed by atoms with Gasteiger partial charge in [0.15, 0.2) is 11.5 Å². The van der Waals surface area contributed by atoms with Crippen LogP contribution in [0.4, 0.5) is 20.3 Å². The number of nitrogens with two attached hydrogens (primary N) is 1. The number of aryl methyl sites for hydroxylation is 1. The highest BCUT2D eigenvalue weighted by molar-refractivity contribution is 5.92. The molecule has 218 valence electrons. The maximum absolute atomic E-state index is 15.9. The number of hydrogen-bond acceptors (Lipinski definition) is 7. The first-order chi connectivity index (χ1) is 19.9. The molecule has 4 heterocycles. The number of hydrogen-bond donors (Lipinski definition) is 1. The third-order valence-electron chi connectivity index (χ3n) is 7.72. The minimum atomic E-state index is -0.819. The van der Waals surface area contributed by atoms with E-state index in [4.69, 9.17) is 5.73 Å². The predicted molar refractivity (Wildman–Crippen MR) is 160 cm³/mol. The van der Waals surface area contributed by atoms with E-state index in [1.165, 1.54) is 34.9 Å². The van der Waals surface area contributed by atoms with Gasteiger partial charge in [0.05, 0.1) is 22.3 Å². The first-order valence-electron chi connectivity index (χ1n) is 13.8. The predicted octanol–water partition coefficient (Wildman–Crippen LogP) is 4.75. The number of pyridine rings is 2. The molecule has 9 nitrogen and oxygen atoms in total. The third-order valence-corrected chi connectivity index (χ3v) is 7.72. The highest BCUT2D eigenvalue weighted by Crippen LogP contribution is 2.36. The fraction of sp³-hybridized carbons (Fsp3) is 0.323. The molecule has 2 N–H and O–H groups in total. The van der Waals surface area contributed by atoms with Gasteiger partial charge in [-0.2, -0.15) is 4.98 Å². The largest absolute Gasteiger partial charge is 0.398 e. The Balaban J connectivity index is 1.85. The lowest BCUT2D eigenvalue weighted by molar-refractivity contribution is -0.128. The van der Waals surface area contributed by atoms with Crippen LogP contribution in [0, 0.1) is 18.6 Å². The highest BCUT2D eigenvalue weighted by atomic mass is 19.1. The van der Waals surface area contributed by atoms with Crippen LogP contribution in [0.3, 0.4) is 0 Å². The van der Waals surface area contributed by atoms with Gasteiger partial charge in [-0.1, -0.05) is 26.5 Å². The van der Waals surface area contributed by atoms with E-state index in [2.05, 4.69) is 21.5 Å². The Morgan fingerprint density at radius 1 is 1.12 bits per heavy atom. The monoisotopic (exact) mass is 573 g/mol. The minimum absolute atomic E-state index is 0.00908. The van der Waals surface area contributed by atoms with Crippen molar-refractivity contribution in [3.05, 3.63) is 82.6 Å². The number of nitrogen functional groups attached to an aromatic ring is 1. The van der Waals surface area contributed by atoms with Gasteiger partial charge in [-0.05, 0) is 62.6 Å². The van der Waals surface area contributed by atoms with Crippen molar-refractivity contribution in [3.8, 4) is 16.9 Å². The number of halogens is 2.